The van der Waals surface area contributed by atoms with E-state index < -0.39 is 5.60 Å². The zero-order valence-electron chi connectivity index (χ0n) is 10.9. The summed E-state index contributed by atoms with van der Waals surface area (Å²) in [4.78, 5) is 0. The number of nitriles is 1. The summed E-state index contributed by atoms with van der Waals surface area (Å²) in [5, 5.41) is 8.94. The second-order valence-corrected chi connectivity index (χ2v) is 4.87. The molecule has 0 amide bonds. The van der Waals surface area contributed by atoms with Crippen LogP contribution in [-0.2, 0) is 14.2 Å². The van der Waals surface area contributed by atoms with Crippen molar-refractivity contribution in [1.82, 2.24) is 0 Å². The summed E-state index contributed by atoms with van der Waals surface area (Å²) < 4.78 is 22.3. The van der Waals surface area contributed by atoms with E-state index in [1.54, 1.807) is 20.3 Å². The molecule has 0 aromatic heterocycles. The average Bonchev–Trinajstić information content (AvgIpc) is 3.20. The summed E-state index contributed by atoms with van der Waals surface area (Å²) in [6.45, 7) is 0.808. The molecule has 0 N–H and O–H groups in total. The van der Waals surface area contributed by atoms with Crippen LogP contribution in [0.25, 0.3) is 0 Å². The molecule has 0 spiro atoms. The highest BCUT2D eigenvalue weighted by Gasteiger charge is 2.61. The molecule has 0 saturated carbocycles. The Morgan fingerprint density at radius 1 is 1.32 bits per heavy atom. The van der Waals surface area contributed by atoms with Crippen LogP contribution < -0.4 is 4.74 Å². The van der Waals surface area contributed by atoms with Crippen LogP contribution in [0.1, 0.15) is 17.2 Å². The molecule has 19 heavy (non-hydrogen) atoms. The van der Waals surface area contributed by atoms with Gasteiger partial charge < -0.3 is 18.9 Å². The molecular formula is C14H15NO4. The minimum atomic E-state index is -0.602. The van der Waals surface area contributed by atoms with E-state index >= 15 is 0 Å². The normalized spacial score (nSPS) is 25.7. The van der Waals surface area contributed by atoms with Gasteiger partial charge in [-0.15, -0.1) is 0 Å². The van der Waals surface area contributed by atoms with Crippen LogP contribution in [0.4, 0.5) is 0 Å². The van der Waals surface area contributed by atoms with E-state index in [1.165, 1.54) is 0 Å². The van der Waals surface area contributed by atoms with Crippen molar-refractivity contribution >= 4 is 0 Å². The van der Waals surface area contributed by atoms with E-state index in [2.05, 4.69) is 6.07 Å². The Bertz CT molecular complexity index is 531. The number of rotatable bonds is 4. The number of epoxide rings is 1. The predicted octanol–water partition coefficient (Wildman–Crippen LogP) is 1.42. The van der Waals surface area contributed by atoms with Crippen molar-refractivity contribution in [2.45, 2.75) is 17.8 Å². The first kappa shape index (κ1) is 12.4. The minimum absolute atomic E-state index is 0.0256. The van der Waals surface area contributed by atoms with Gasteiger partial charge in [0.2, 0.25) is 0 Å². The zero-order chi connectivity index (χ0) is 13.5. The first-order valence-electron chi connectivity index (χ1n) is 6.10. The molecule has 1 fully saturated rings. The number of methoxy groups -OCH3 is 2. The summed E-state index contributed by atoms with van der Waals surface area (Å²) in [7, 11) is 3.26. The Kier molecular flexibility index (Phi) is 2.94. The van der Waals surface area contributed by atoms with Crippen LogP contribution in [0.3, 0.4) is 0 Å². The smallest absolute Gasteiger partial charge is 0.184 e. The van der Waals surface area contributed by atoms with E-state index in [9.17, 15) is 0 Å². The Morgan fingerprint density at radius 2 is 2.05 bits per heavy atom. The lowest BCUT2D eigenvalue weighted by atomic mass is 9.91. The fourth-order valence-electron chi connectivity index (χ4n) is 2.71. The number of fused-ring (bicyclic) bond motifs is 3. The van der Waals surface area contributed by atoms with Gasteiger partial charge >= 0.3 is 0 Å². The van der Waals surface area contributed by atoms with Gasteiger partial charge in [-0.1, -0.05) is 0 Å². The maximum Gasteiger partial charge on any atom is 0.184 e. The topological polar surface area (TPSA) is 64.0 Å². The van der Waals surface area contributed by atoms with Gasteiger partial charge in [-0.05, 0) is 18.2 Å². The van der Waals surface area contributed by atoms with Crippen molar-refractivity contribution < 1.29 is 18.9 Å². The fourth-order valence-corrected chi connectivity index (χ4v) is 2.71. The zero-order valence-corrected chi connectivity index (χ0v) is 10.9. The van der Waals surface area contributed by atoms with Crippen molar-refractivity contribution in [3.8, 4) is 11.8 Å². The third-order valence-electron chi connectivity index (χ3n) is 3.55. The molecule has 2 aliphatic heterocycles. The molecule has 2 aliphatic rings. The number of benzene rings is 1. The number of nitrogens with zero attached hydrogens (tertiary/aromatic N) is 1. The van der Waals surface area contributed by atoms with Crippen molar-refractivity contribution in [2.75, 3.05) is 27.4 Å². The second-order valence-electron chi connectivity index (χ2n) is 4.87. The fraction of sp³-hybridized carbons (Fsp3) is 0.500. The maximum absolute atomic E-state index is 8.94. The van der Waals surface area contributed by atoms with Crippen molar-refractivity contribution in [3.05, 3.63) is 29.3 Å². The van der Waals surface area contributed by atoms with Crippen LogP contribution in [0.2, 0.25) is 0 Å². The monoisotopic (exact) mass is 261 g/mol. The summed E-state index contributed by atoms with van der Waals surface area (Å²) >= 11 is 0. The van der Waals surface area contributed by atoms with Gasteiger partial charge in [0.1, 0.15) is 18.0 Å². The van der Waals surface area contributed by atoms with Gasteiger partial charge in [0, 0.05) is 19.8 Å². The second kappa shape index (κ2) is 4.49. The van der Waals surface area contributed by atoms with E-state index in [1.807, 2.05) is 12.1 Å². The SMILES string of the molecule is COCC1(COC)Oc2ccc(C#N)cc2[C@@H]2O[C@@H]21. The van der Waals surface area contributed by atoms with Gasteiger partial charge in [-0.2, -0.15) is 5.26 Å². The van der Waals surface area contributed by atoms with Gasteiger partial charge in [-0.3, -0.25) is 0 Å². The molecule has 100 valence electrons. The van der Waals surface area contributed by atoms with Crippen LogP contribution in [-0.4, -0.2) is 39.1 Å². The van der Waals surface area contributed by atoms with Gasteiger partial charge in [-0.25, -0.2) is 0 Å². The van der Waals surface area contributed by atoms with Crippen LogP contribution in [0, 0.1) is 11.3 Å². The largest absolute Gasteiger partial charge is 0.479 e. The van der Waals surface area contributed by atoms with E-state index in [-0.39, 0.29) is 12.2 Å². The molecule has 5 nitrogen and oxygen atoms in total. The van der Waals surface area contributed by atoms with Gasteiger partial charge in [0.05, 0.1) is 24.8 Å². The maximum atomic E-state index is 8.94. The molecule has 3 rings (SSSR count). The molecule has 0 unspecified atom stereocenters. The lowest BCUT2D eigenvalue weighted by Gasteiger charge is -2.35. The highest BCUT2D eigenvalue weighted by atomic mass is 16.7. The number of hydrogen-bond donors (Lipinski definition) is 0. The predicted molar refractivity (Wildman–Crippen MR) is 65.9 cm³/mol. The molecule has 0 bridgehead atoms. The Balaban J connectivity index is 1.97. The lowest BCUT2D eigenvalue weighted by Crippen LogP contribution is -2.52. The first-order chi connectivity index (χ1) is 9.24. The van der Waals surface area contributed by atoms with E-state index in [0.717, 1.165) is 11.3 Å². The third-order valence-corrected chi connectivity index (χ3v) is 3.55. The summed E-state index contributed by atoms with van der Waals surface area (Å²) in [5.74, 6) is 0.742. The third kappa shape index (κ3) is 1.89. The Morgan fingerprint density at radius 3 is 2.68 bits per heavy atom. The molecule has 0 aliphatic carbocycles. The van der Waals surface area contributed by atoms with Crippen LogP contribution in [0.15, 0.2) is 18.2 Å². The van der Waals surface area contributed by atoms with Crippen molar-refractivity contribution in [3.63, 3.8) is 0 Å². The molecule has 1 saturated heterocycles. The average molecular weight is 261 g/mol. The molecule has 5 heteroatoms. The summed E-state index contributed by atoms with van der Waals surface area (Å²) in [6.07, 6.45) is -0.101. The lowest BCUT2D eigenvalue weighted by molar-refractivity contribution is -0.0759. The number of hydrogen-bond acceptors (Lipinski definition) is 5. The minimum Gasteiger partial charge on any atom is -0.479 e. The molecule has 1 aromatic carbocycles. The molecule has 0 radical (unpaired) electrons. The molecule has 1 aromatic rings. The van der Waals surface area contributed by atoms with Gasteiger partial charge in [0.25, 0.3) is 0 Å². The van der Waals surface area contributed by atoms with Crippen molar-refractivity contribution in [1.29, 1.82) is 5.26 Å². The van der Waals surface area contributed by atoms with Gasteiger partial charge in [0.15, 0.2) is 5.60 Å². The van der Waals surface area contributed by atoms with Crippen molar-refractivity contribution in [2.24, 2.45) is 0 Å². The highest BCUT2D eigenvalue weighted by molar-refractivity contribution is 5.48. The summed E-state index contributed by atoms with van der Waals surface area (Å²) in [5.41, 5.74) is 0.949. The molecule has 2 heterocycles. The number of ether oxygens (including phenoxy) is 4. The van der Waals surface area contributed by atoms with E-state index in [0.29, 0.717) is 18.8 Å². The summed E-state index contributed by atoms with van der Waals surface area (Å²) in [6, 6.07) is 7.50. The highest BCUT2D eigenvalue weighted by Crippen LogP contribution is 2.54. The molecule has 2 atom stereocenters. The Labute approximate surface area is 111 Å². The van der Waals surface area contributed by atoms with E-state index in [4.69, 9.17) is 24.2 Å². The molecular weight excluding hydrogens is 246 g/mol. The van der Waals surface area contributed by atoms with Crippen LogP contribution >= 0.6 is 0 Å². The standard InChI is InChI=1S/C14H15NO4/c1-16-7-14(8-17-2)13-12(18-13)10-5-9(6-15)3-4-11(10)19-14/h3-5,12-13H,7-8H2,1-2H3/t12-,13-/m0/s1. The first-order valence-corrected chi connectivity index (χ1v) is 6.10. The quantitative estimate of drug-likeness (QED) is 0.767. The Hall–Kier alpha value is -1.61. The van der Waals surface area contributed by atoms with Crippen LogP contribution in [0.5, 0.6) is 5.75 Å².